The van der Waals surface area contributed by atoms with E-state index in [4.69, 9.17) is 9.47 Å². The molecule has 32 heavy (non-hydrogen) atoms. The summed E-state index contributed by atoms with van der Waals surface area (Å²) in [6.45, 7) is 13.0. The molecule has 2 aliphatic heterocycles. The molecular weight excluding hydrogens is 394 g/mol. The SMILES string of the molecule is CCCC1CCC(C2CCC(/C=C/C3COC4(CC(C)(C)NC(C)(C)C4)OC3)CC2)CC1. The first-order valence-electron chi connectivity index (χ1n) is 13.9. The van der Waals surface area contributed by atoms with Crippen molar-refractivity contribution in [2.75, 3.05) is 13.2 Å². The van der Waals surface area contributed by atoms with Crippen LogP contribution >= 0.6 is 0 Å². The molecule has 2 saturated carbocycles. The van der Waals surface area contributed by atoms with E-state index in [0.717, 1.165) is 49.7 Å². The Labute approximate surface area is 198 Å². The maximum Gasteiger partial charge on any atom is 0.171 e. The Kier molecular flexibility index (Phi) is 7.79. The fourth-order valence-corrected chi connectivity index (χ4v) is 7.82. The van der Waals surface area contributed by atoms with Gasteiger partial charge in [0, 0.05) is 29.8 Å². The molecule has 1 N–H and O–H groups in total. The molecule has 184 valence electrons. The van der Waals surface area contributed by atoms with Crippen LogP contribution in [0.25, 0.3) is 0 Å². The molecule has 2 saturated heterocycles. The standard InChI is InChI=1S/C29H51NO2/c1-6-7-22-10-14-25(15-11-22)26-16-12-23(13-17-26)8-9-24-18-31-29(32-19-24)20-27(2,3)30-28(4,5)21-29/h8-9,22-26,30H,6-7,10-21H2,1-5H3/b9-8+. The minimum Gasteiger partial charge on any atom is -0.349 e. The molecule has 0 aromatic heterocycles. The van der Waals surface area contributed by atoms with E-state index in [1.54, 1.807) is 0 Å². The van der Waals surface area contributed by atoms with Gasteiger partial charge in [0.25, 0.3) is 0 Å². The summed E-state index contributed by atoms with van der Waals surface area (Å²) >= 11 is 0. The van der Waals surface area contributed by atoms with Crippen molar-refractivity contribution in [2.24, 2.45) is 29.6 Å². The predicted octanol–water partition coefficient (Wildman–Crippen LogP) is 7.26. The quantitative estimate of drug-likeness (QED) is 0.452. The average Bonchev–Trinajstić information content (AvgIpc) is 2.72. The molecule has 0 bridgehead atoms. The highest BCUT2D eigenvalue weighted by Crippen LogP contribution is 2.44. The predicted molar refractivity (Wildman–Crippen MR) is 134 cm³/mol. The van der Waals surface area contributed by atoms with Crippen LogP contribution in [0.1, 0.15) is 112 Å². The highest BCUT2D eigenvalue weighted by molar-refractivity contribution is 5.04. The maximum atomic E-state index is 6.44. The van der Waals surface area contributed by atoms with Crippen molar-refractivity contribution < 1.29 is 9.47 Å². The molecular formula is C29H51NO2. The minimum atomic E-state index is -0.406. The van der Waals surface area contributed by atoms with Crippen molar-refractivity contribution in [2.45, 2.75) is 129 Å². The summed E-state index contributed by atoms with van der Waals surface area (Å²) in [7, 11) is 0. The van der Waals surface area contributed by atoms with Crippen LogP contribution in [0.4, 0.5) is 0 Å². The Hall–Kier alpha value is -0.380. The first-order chi connectivity index (χ1) is 15.2. The second kappa shape index (κ2) is 10.1. The zero-order valence-corrected chi connectivity index (χ0v) is 21.8. The molecule has 0 radical (unpaired) electrons. The molecule has 4 aliphatic rings. The number of hydrogen-bond donors (Lipinski definition) is 1. The van der Waals surface area contributed by atoms with E-state index >= 15 is 0 Å². The lowest BCUT2D eigenvalue weighted by Gasteiger charge is -2.54. The van der Waals surface area contributed by atoms with Gasteiger partial charge >= 0.3 is 0 Å². The lowest BCUT2D eigenvalue weighted by Crippen LogP contribution is -2.66. The second-order valence-electron chi connectivity index (χ2n) is 13.2. The van der Waals surface area contributed by atoms with Gasteiger partial charge in [-0.15, -0.1) is 0 Å². The Bertz CT molecular complexity index is 597. The summed E-state index contributed by atoms with van der Waals surface area (Å²) in [6, 6.07) is 0. The monoisotopic (exact) mass is 445 g/mol. The van der Waals surface area contributed by atoms with Crippen LogP contribution in [0.3, 0.4) is 0 Å². The molecule has 4 fully saturated rings. The summed E-state index contributed by atoms with van der Waals surface area (Å²) in [5.74, 6) is 3.86. The molecule has 3 nitrogen and oxygen atoms in total. The van der Waals surface area contributed by atoms with Crippen LogP contribution in [0.15, 0.2) is 12.2 Å². The Morgan fingerprint density at radius 3 is 1.75 bits per heavy atom. The molecule has 4 rings (SSSR count). The fourth-order valence-electron chi connectivity index (χ4n) is 7.82. The number of nitrogens with one attached hydrogen (secondary N) is 1. The van der Waals surface area contributed by atoms with Gasteiger partial charge in [-0.1, -0.05) is 44.8 Å². The van der Waals surface area contributed by atoms with Gasteiger partial charge in [0.1, 0.15) is 0 Å². The zero-order chi connectivity index (χ0) is 22.8. The first-order valence-corrected chi connectivity index (χ1v) is 13.9. The molecule has 0 unspecified atom stereocenters. The smallest absolute Gasteiger partial charge is 0.171 e. The van der Waals surface area contributed by atoms with E-state index < -0.39 is 5.79 Å². The summed E-state index contributed by atoms with van der Waals surface area (Å²) in [5, 5.41) is 3.74. The molecule has 1 spiro atoms. The van der Waals surface area contributed by atoms with E-state index in [-0.39, 0.29) is 11.1 Å². The highest BCUT2D eigenvalue weighted by Gasteiger charge is 2.50. The molecule has 0 amide bonds. The number of rotatable bonds is 5. The Morgan fingerprint density at radius 1 is 0.719 bits per heavy atom. The van der Waals surface area contributed by atoms with Crippen molar-refractivity contribution in [1.82, 2.24) is 5.32 Å². The van der Waals surface area contributed by atoms with Gasteiger partial charge in [-0.2, -0.15) is 0 Å². The number of piperidine rings is 1. The third-order valence-electron chi connectivity index (χ3n) is 8.95. The summed E-state index contributed by atoms with van der Waals surface area (Å²) < 4.78 is 12.9. The van der Waals surface area contributed by atoms with Crippen molar-refractivity contribution in [3.8, 4) is 0 Å². The van der Waals surface area contributed by atoms with E-state index in [2.05, 4.69) is 52.1 Å². The van der Waals surface area contributed by atoms with Gasteiger partial charge in [-0.05, 0) is 89.9 Å². The molecule has 0 aromatic rings. The van der Waals surface area contributed by atoms with E-state index in [9.17, 15) is 0 Å². The summed E-state index contributed by atoms with van der Waals surface area (Å²) in [4.78, 5) is 0. The minimum absolute atomic E-state index is 0.0400. The number of hydrogen-bond acceptors (Lipinski definition) is 3. The molecule has 3 heteroatoms. The second-order valence-corrected chi connectivity index (χ2v) is 13.2. The maximum absolute atomic E-state index is 6.44. The van der Waals surface area contributed by atoms with E-state index in [0.29, 0.717) is 5.92 Å². The lowest BCUT2D eigenvalue weighted by molar-refractivity contribution is -0.306. The topological polar surface area (TPSA) is 30.5 Å². The summed E-state index contributed by atoms with van der Waals surface area (Å²) in [6.07, 6.45) is 21.3. The zero-order valence-electron chi connectivity index (χ0n) is 21.8. The van der Waals surface area contributed by atoms with Gasteiger partial charge in [-0.3, -0.25) is 0 Å². The highest BCUT2D eigenvalue weighted by atomic mass is 16.7. The molecule has 2 heterocycles. The van der Waals surface area contributed by atoms with Gasteiger partial charge < -0.3 is 14.8 Å². The van der Waals surface area contributed by atoms with Crippen LogP contribution in [0.5, 0.6) is 0 Å². The third kappa shape index (κ3) is 6.39. The van der Waals surface area contributed by atoms with Crippen LogP contribution in [-0.2, 0) is 9.47 Å². The van der Waals surface area contributed by atoms with Crippen LogP contribution in [0, 0.1) is 29.6 Å². The largest absolute Gasteiger partial charge is 0.349 e. The van der Waals surface area contributed by atoms with Gasteiger partial charge in [0.2, 0.25) is 0 Å². The number of ether oxygens (including phenoxy) is 2. The van der Waals surface area contributed by atoms with E-state index in [1.807, 2.05) is 0 Å². The first kappa shape index (κ1) is 24.7. The third-order valence-corrected chi connectivity index (χ3v) is 8.95. The van der Waals surface area contributed by atoms with Gasteiger partial charge in [0.05, 0.1) is 13.2 Å². The Balaban J connectivity index is 1.19. The van der Waals surface area contributed by atoms with Crippen LogP contribution in [0.2, 0.25) is 0 Å². The summed E-state index contributed by atoms with van der Waals surface area (Å²) in [5.41, 5.74) is 0.0800. The number of allylic oxidation sites excluding steroid dienone is 1. The van der Waals surface area contributed by atoms with Crippen molar-refractivity contribution in [1.29, 1.82) is 0 Å². The molecule has 0 aromatic carbocycles. The molecule has 0 atom stereocenters. The van der Waals surface area contributed by atoms with Gasteiger partial charge in [0.15, 0.2) is 5.79 Å². The van der Waals surface area contributed by atoms with Gasteiger partial charge in [-0.25, -0.2) is 0 Å². The molecule has 2 aliphatic carbocycles. The van der Waals surface area contributed by atoms with Crippen LogP contribution in [-0.4, -0.2) is 30.1 Å². The average molecular weight is 446 g/mol. The lowest BCUT2D eigenvalue weighted by atomic mass is 9.68. The van der Waals surface area contributed by atoms with Crippen molar-refractivity contribution in [3.05, 3.63) is 12.2 Å². The van der Waals surface area contributed by atoms with E-state index in [1.165, 1.54) is 64.2 Å². The normalized spacial score (nSPS) is 37.7. The van der Waals surface area contributed by atoms with Crippen LogP contribution < -0.4 is 5.32 Å². The van der Waals surface area contributed by atoms with Crippen molar-refractivity contribution >= 4 is 0 Å². The van der Waals surface area contributed by atoms with Crippen molar-refractivity contribution in [3.63, 3.8) is 0 Å². The fraction of sp³-hybridized carbons (Fsp3) is 0.931. The Morgan fingerprint density at radius 2 is 1.22 bits per heavy atom.